The number of hydrogen-bond donors (Lipinski definition) is 2. The number of hydrogen-bond acceptors (Lipinski definition) is 3. The molecule has 1 unspecified atom stereocenters. The lowest BCUT2D eigenvalue weighted by Gasteiger charge is -2.14. The molecule has 20 heavy (non-hydrogen) atoms. The summed E-state index contributed by atoms with van der Waals surface area (Å²) < 4.78 is 37.0. The molecule has 0 aromatic carbocycles. The van der Waals surface area contributed by atoms with E-state index in [1.54, 1.807) is 0 Å². The second kappa shape index (κ2) is 6.65. The first-order valence-electron chi connectivity index (χ1n) is 5.89. The number of rotatable bonds is 5. The van der Waals surface area contributed by atoms with E-state index in [2.05, 4.69) is 10.3 Å². The minimum Gasteiger partial charge on any atom is -0.393 e. The zero-order valence-corrected chi connectivity index (χ0v) is 11.5. The van der Waals surface area contributed by atoms with Gasteiger partial charge < -0.3 is 11.1 Å². The third-order valence-corrected chi connectivity index (χ3v) is 2.84. The van der Waals surface area contributed by atoms with E-state index in [0.29, 0.717) is 12.8 Å². The van der Waals surface area contributed by atoms with Gasteiger partial charge in [0.25, 0.3) is 0 Å². The molecule has 1 heterocycles. The molecule has 3 N–H and O–H groups in total. The molecule has 1 aromatic rings. The highest BCUT2D eigenvalue weighted by Crippen LogP contribution is 2.27. The van der Waals surface area contributed by atoms with Gasteiger partial charge in [-0.15, -0.1) is 0 Å². The van der Waals surface area contributed by atoms with Crippen molar-refractivity contribution in [3.63, 3.8) is 0 Å². The molecular formula is C12H14F3N3OS. The van der Waals surface area contributed by atoms with Crippen molar-refractivity contribution in [3.05, 3.63) is 24.0 Å². The molecule has 1 aromatic heterocycles. The predicted molar refractivity (Wildman–Crippen MR) is 73.1 cm³/mol. The third kappa shape index (κ3) is 4.44. The van der Waals surface area contributed by atoms with Crippen molar-refractivity contribution in [2.45, 2.75) is 25.9 Å². The molecule has 1 atom stereocenters. The normalized spacial score (nSPS) is 12.8. The van der Waals surface area contributed by atoms with Crippen LogP contribution >= 0.6 is 12.2 Å². The summed E-state index contributed by atoms with van der Waals surface area (Å²) in [4.78, 5) is 15.2. The van der Waals surface area contributed by atoms with E-state index >= 15 is 0 Å². The van der Waals surface area contributed by atoms with E-state index < -0.39 is 23.7 Å². The second-order valence-electron chi connectivity index (χ2n) is 4.16. The van der Waals surface area contributed by atoms with Crippen molar-refractivity contribution in [3.8, 4) is 0 Å². The van der Waals surface area contributed by atoms with Crippen LogP contribution in [0.5, 0.6) is 0 Å². The van der Waals surface area contributed by atoms with Gasteiger partial charge in [-0.1, -0.05) is 25.6 Å². The van der Waals surface area contributed by atoms with Gasteiger partial charge in [0.05, 0.1) is 22.8 Å². The van der Waals surface area contributed by atoms with E-state index in [1.165, 1.54) is 0 Å². The van der Waals surface area contributed by atoms with Crippen LogP contribution in [0.2, 0.25) is 0 Å². The van der Waals surface area contributed by atoms with Crippen molar-refractivity contribution in [1.82, 2.24) is 4.98 Å². The van der Waals surface area contributed by atoms with Crippen LogP contribution in [0.4, 0.5) is 18.9 Å². The summed E-state index contributed by atoms with van der Waals surface area (Å²) >= 11 is 4.80. The van der Waals surface area contributed by atoms with Crippen LogP contribution in [-0.4, -0.2) is 15.9 Å². The minimum atomic E-state index is -4.51. The molecule has 0 radical (unpaired) electrons. The number of alkyl halides is 3. The van der Waals surface area contributed by atoms with Gasteiger partial charge in [-0.05, 0) is 18.6 Å². The maximum absolute atomic E-state index is 12.3. The Bertz CT molecular complexity index is 488. The molecule has 0 saturated heterocycles. The standard InChI is InChI=1S/C12H14F3N3OS/c1-2-3-8(10(16)20)11(19)18-7-4-5-9(17-6-7)12(13,14)15/h4-6,8H,2-3H2,1H3,(H2,16,20)(H,18,19). The molecule has 1 amide bonds. The lowest BCUT2D eigenvalue weighted by Crippen LogP contribution is -2.33. The number of halogens is 3. The Morgan fingerprint density at radius 1 is 1.50 bits per heavy atom. The Hall–Kier alpha value is -1.70. The summed E-state index contributed by atoms with van der Waals surface area (Å²) in [5, 5.41) is 2.45. The molecule has 110 valence electrons. The number of nitrogens with zero attached hydrogens (tertiary/aromatic N) is 1. The third-order valence-electron chi connectivity index (χ3n) is 2.56. The SMILES string of the molecule is CCCC(C(=O)Nc1ccc(C(F)(F)F)nc1)C(N)=S. The second-order valence-corrected chi connectivity index (χ2v) is 4.63. The van der Waals surface area contributed by atoms with Gasteiger partial charge in [0.2, 0.25) is 5.91 Å². The number of nitrogens with two attached hydrogens (primary N) is 1. The van der Waals surface area contributed by atoms with Gasteiger partial charge >= 0.3 is 6.18 Å². The van der Waals surface area contributed by atoms with E-state index in [4.69, 9.17) is 18.0 Å². The minimum absolute atomic E-state index is 0.0595. The first-order valence-corrected chi connectivity index (χ1v) is 6.30. The number of pyridine rings is 1. The van der Waals surface area contributed by atoms with Gasteiger partial charge in [-0.3, -0.25) is 4.79 Å². The average Bonchev–Trinajstić information content (AvgIpc) is 2.34. The Labute approximate surface area is 119 Å². The fourth-order valence-electron chi connectivity index (χ4n) is 1.56. The van der Waals surface area contributed by atoms with Gasteiger partial charge in [0.15, 0.2) is 0 Å². The highest BCUT2D eigenvalue weighted by Gasteiger charge is 2.32. The maximum Gasteiger partial charge on any atom is 0.433 e. The van der Waals surface area contributed by atoms with Gasteiger partial charge in [0, 0.05) is 0 Å². The summed E-state index contributed by atoms with van der Waals surface area (Å²) in [7, 11) is 0. The largest absolute Gasteiger partial charge is 0.433 e. The van der Waals surface area contributed by atoms with E-state index in [0.717, 1.165) is 18.3 Å². The van der Waals surface area contributed by atoms with Crippen molar-refractivity contribution >= 4 is 28.8 Å². The summed E-state index contributed by atoms with van der Waals surface area (Å²) in [6, 6.07) is 1.93. The summed E-state index contributed by atoms with van der Waals surface area (Å²) in [5.74, 6) is -1.08. The van der Waals surface area contributed by atoms with Crippen LogP contribution in [0.25, 0.3) is 0 Å². The van der Waals surface area contributed by atoms with Gasteiger partial charge in [-0.2, -0.15) is 13.2 Å². The average molecular weight is 305 g/mol. The van der Waals surface area contributed by atoms with Gasteiger partial charge in [-0.25, -0.2) is 4.98 Å². The molecule has 4 nitrogen and oxygen atoms in total. The lowest BCUT2D eigenvalue weighted by atomic mass is 10.0. The summed E-state index contributed by atoms with van der Waals surface area (Å²) in [6.45, 7) is 1.87. The fourth-order valence-corrected chi connectivity index (χ4v) is 1.78. The molecule has 1 rings (SSSR count). The number of anilines is 1. The number of aromatic nitrogens is 1. The summed E-state index contributed by atoms with van der Waals surface area (Å²) in [5.41, 5.74) is 4.61. The Morgan fingerprint density at radius 2 is 2.15 bits per heavy atom. The van der Waals surface area contributed by atoms with Crippen molar-refractivity contribution in [2.24, 2.45) is 11.7 Å². The first-order chi connectivity index (χ1) is 9.25. The predicted octanol–water partition coefficient (Wildman–Crippen LogP) is 2.74. The van der Waals surface area contributed by atoms with Crippen molar-refractivity contribution in [1.29, 1.82) is 0 Å². The van der Waals surface area contributed by atoms with Crippen LogP contribution in [-0.2, 0) is 11.0 Å². The van der Waals surface area contributed by atoms with Crippen LogP contribution in [0.1, 0.15) is 25.5 Å². The molecule has 0 aliphatic carbocycles. The van der Waals surface area contributed by atoms with E-state index in [-0.39, 0.29) is 10.7 Å². The Balaban J connectivity index is 2.78. The number of nitrogens with one attached hydrogen (secondary N) is 1. The highest BCUT2D eigenvalue weighted by molar-refractivity contribution is 7.80. The molecule has 0 fully saturated rings. The molecule has 0 bridgehead atoms. The molecule has 0 spiro atoms. The monoisotopic (exact) mass is 305 g/mol. The number of carbonyl (C=O) groups is 1. The molecular weight excluding hydrogens is 291 g/mol. The smallest absolute Gasteiger partial charge is 0.393 e. The number of amides is 1. The van der Waals surface area contributed by atoms with E-state index in [9.17, 15) is 18.0 Å². The van der Waals surface area contributed by atoms with Crippen LogP contribution in [0, 0.1) is 5.92 Å². The van der Waals surface area contributed by atoms with Gasteiger partial charge in [0.1, 0.15) is 5.69 Å². The first kappa shape index (κ1) is 16.4. The quantitative estimate of drug-likeness (QED) is 0.821. The van der Waals surface area contributed by atoms with Crippen LogP contribution < -0.4 is 11.1 Å². The van der Waals surface area contributed by atoms with Crippen molar-refractivity contribution in [2.75, 3.05) is 5.32 Å². The van der Waals surface area contributed by atoms with Crippen LogP contribution in [0.15, 0.2) is 18.3 Å². The van der Waals surface area contributed by atoms with Crippen LogP contribution in [0.3, 0.4) is 0 Å². The highest BCUT2D eigenvalue weighted by atomic mass is 32.1. The Morgan fingerprint density at radius 3 is 2.55 bits per heavy atom. The number of carbonyl (C=O) groups excluding carboxylic acids is 1. The maximum atomic E-state index is 12.3. The molecule has 0 aliphatic heterocycles. The molecule has 0 aliphatic rings. The molecule has 0 saturated carbocycles. The van der Waals surface area contributed by atoms with Crippen molar-refractivity contribution < 1.29 is 18.0 Å². The van der Waals surface area contributed by atoms with E-state index in [1.807, 2.05) is 6.92 Å². The number of thiocarbonyl (C=S) groups is 1. The lowest BCUT2D eigenvalue weighted by molar-refractivity contribution is -0.141. The zero-order chi connectivity index (χ0) is 15.3. The fraction of sp³-hybridized carbons (Fsp3) is 0.417. The topological polar surface area (TPSA) is 68.0 Å². The molecule has 8 heteroatoms. The zero-order valence-electron chi connectivity index (χ0n) is 10.7. The summed E-state index contributed by atoms with van der Waals surface area (Å²) in [6.07, 6.45) is -2.37. The Kier molecular flexibility index (Phi) is 5.43.